The number of rotatable bonds is 3. The molecule has 122 valence electrons. The Morgan fingerprint density at radius 2 is 1.78 bits per heavy atom. The maximum Gasteiger partial charge on any atom is 0.254 e. The first-order chi connectivity index (χ1) is 11.1. The molecule has 2 saturated heterocycles. The molecule has 2 heterocycles. The number of benzene rings is 1. The van der Waals surface area contributed by atoms with Crippen LogP contribution in [-0.2, 0) is 9.59 Å². The number of hydrogen-bond donors (Lipinski definition) is 1. The molecular weight excluding hydrogens is 294 g/mol. The second kappa shape index (κ2) is 6.40. The van der Waals surface area contributed by atoms with E-state index in [0.29, 0.717) is 24.9 Å². The molecule has 2 aliphatic rings. The fraction of sp³-hybridized carbons (Fsp3) is 0.471. The van der Waals surface area contributed by atoms with Crippen molar-refractivity contribution in [3.63, 3.8) is 0 Å². The molecule has 2 N–H and O–H groups in total. The Morgan fingerprint density at radius 3 is 2.39 bits per heavy atom. The van der Waals surface area contributed by atoms with Gasteiger partial charge >= 0.3 is 0 Å². The summed E-state index contributed by atoms with van der Waals surface area (Å²) >= 11 is 0. The zero-order valence-electron chi connectivity index (χ0n) is 13.0. The van der Waals surface area contributed by atoms with Crippen LogP contribution in [0.15, 0.2) is 24.3 Å². The summed E-state index contributed by atoms with van der Waals surface area (Å²) in [6.45, 7) is 1.28. The van der Waals surface area contributed by atoms with Crippen LogP contribution in [0.2, 0.25) is 0 Å². The van der Waals surface area contributed by atoms with Crippen LogP contribution in [0.1, 0.15) is 42.5 Å². The van der Waals surface area contributed by atoms with Gasteiger partial charge in [0.1, 0.15) is 6.04 Å². The number of primary amides is 1. The Labute approximate surface area is 135 Å². The number of nitrogens with two attached hydrogens (primary N) is 1. The van der Waals surface area contributed by atoms with E-state index in [1.54, 1.807) is 34.1 Å². The standard InChI is InChI=1S/C17H21N3O3/c18-16(22)14-4-1-2-10-20(14)17(23)12-6-8-13(9-7-12)19-11-3-5-15(19)21/h6-9,14H,1-5,10-11H2,(H2,18,22). The summed E-state index contributed by atoms with van der Waals surface area (Å²) in [5.74, 6) is -0.501. The van der Waals surface area contributed by atoms with Gasteiger partial charge in [-0.2, -0.15) is 0 Å². The lowest BCUT2D eigenvalue weighted by Crippen LogP contribution is -2.50. The summed E-state index contributed by atoms with van der Waals surface area (Å²) < 4.78 is 0. The van der Waals surface area contributed by atoms with E-state index >= 15 is 0 Å². The van der Waals surface area contributed by atoms with Crippen LogP contribution >= 0.6 is 0 Å². The molecule has 0 bridgehead atoms. The normalized spacial score (nSPS) is 21.6. The van der Waals surface area contributed by atoms with Crippen molar-refractivity contribution in [2.75, 3.05) is 18.0 Å². The fourth-order valence-corrected chi connectivity index (χ4v) is 3.34. The molecule has 0 radical (unpaired) electrons. The minimum atomic E-state index is -0.518. The van der Waals surface area contributed by atoms with Crippen molar-refractivity contribution in [2.45, 2.75) is 38.1 Å². The Bertz CT molecular complexity index is 626. The molecule has 1 aromatic carbocycles. The van der Waals surface area contributed by atoms with Crippen molar-refractivity contribution < 1.29 is 14.4 Å². The summed E-state index contributed by atoms with van der Waals surface area (Å²) in [6.07, 6.45) is 3.87. The Kier molecular flexibility index (Phi) is 4.32. The van der Waals surface area contributed by atoms with E-state index in [1.165, 1.54) is 0 Å². The molecule has 0 saturated carbocycles. The summed E-state index contributed by atoms with van der Waals surface area (Å²) in [4.78, 5) is 39.3. The van der Waals surface area contributed by atoms with Crippen molar-refractivity contribution >= 4 is 23.4 Å². The minimum absolute atomic E-state index is 0.119. The zero-order valence-corrected chi connectivity index (χ0v) is 13.0. The second-order valence-electron chi connectivity index (χ2n) is 6.11. The number of piperidine rings is 1. The Hall–Kier alpha value is -2.37. The molecule has 1 atom stereocenters. The van der Waals surface area contributed by atoms with Crippen LogP contribution in [0.5, 0.6) is 0 Å². The van der Waals surface area contributed by atoms with Crippen LogP contribution in [0.3, 0.4) is 0 Å². The topological polar surface area (TPSA) is 83.7 Å². The highest BCUT2D eigenvalue weighted by Gasteiger charge is 2.31. The maximum atomic E-state index is 12.6. The summed E-state index contributed by atoms with van der Waals surface area (Å²) in [5, 5.41) is 0. The van der Waals surface area contributed by atoms with E-state index < -0.39 is 11.9 Å². The molecule has 0 aliphatic carbocycles. The molecular formula is C17H21N3O3. The molecule has 6 nitrogen and oxygen atoms in total. The van der Waals surface area contributed by atoms with E-state index in [2.05, 4.69) is 0 Å². The van der Waals surface area contributed by atoms with Gasteiger partial charge in [-0.3, -0.25) is 14.4 Å². The fourth-order valence-electron chi connectivity index (χ4n) is 3.34. The van der Waals surface area contributed by atoms with Crippen molar-refractivity contribution in [3.8, 4) is 0 Å². The summed E-state index contributed by atoms with van der Waals surface area (Å²) in [6, 6.07) is 6.50. The van der Waals surface area contributed by atoms with Crippen LogP contribution in [-0.4, -0.2) is 41.8 Å². The van der Waals surface area contributed by atoms with Gasteiger partial charge in [0.05, 0.1) is 0 Å². The van der Waals surface area contributed by atoms with Gasteiger partial charge in [0.25, 0.3) is 5.91 Å². The lowest BCUT2D eigenvalue weighted by Gasteiger charge is -2.33. The number of carbonyl (C=O) groups is 3. The molecule has 6 heteroatoms. The molecule has 3 amide bonds. The highest BCUT2D eigenvalue weighted by atomic mass is 16.2. The van der Waals surface area contributed by atoms with Gasteiger partial charge in [-0.25, -0.2) is 0 Å². The van der Waals surface area contributed by atoms with Gasteiger partial charge in [-0.15, -0.1) is 0 Å². The number of hydrogen-bond acceptors (Lipinski definition) is 3. The zero-order chi connectivity index (χ0) is 16.4. The van der Waals surface area contributed by atoms with E-state index in [1.807, 2.05) is 0 Å². The Morgan fingerprint density at radius 1 is 1.04 bits per heavy atom. The lowest BCUT2D eigenvalue weighted by atomic mass is 10.00. The highest BCUT2D eigenvalue weighted by molar-refractivity contribution is 5.99. The van der Waals surface area contributed by atoms with E-state index in [-0.39, 0.29) is 11.8 Å². The number of amides is 3. The average Bonchev–Trinajstić information content (AvgIpc) is 3.00. The monoisotopic (exact) mass is 315 g/mol. The number of anilines is 1. The van der Waals surface area contributed by atoms with Crippen molar-refractivity contribution in [1.29, 1.82) is 0 Å². The predicted molar refractivity (Wildman–Crippen MR) is 85.9 cm³/mol. The lowest BCUT2D eigenvalue weighted by molar-refractivity contribution is -0.123. The number of nitrogens with zero attached hydrogens (tertiary/aromatic N) is 2. The van der Waals surface area contributed by atoms with E-state index in [0.717, 1.165) is 31.5 Å². The van der Waals surface area contributed by atoms with E-state index in [9.17, 15) is 14.4 Å². The SMILES string of the molecule is NC(=O)C1CCCCN1C(=O)c1ccc(N2CCCC2=O)cc1. The summed E-state index contributed by atoms with van der Waals surface area (Å²) in [7, 11) is 0. The first-order valence-corrected chi connectivity index (χ1v) is 8.08. The third-order valence-electron chi connectivity index (χ3n) is 4.59. The molecule has 0 spiro atoms. The van der Waals surface area contributed by atoms with Gasteiger partial charge in [0.15, 0.2) is 0 Å². The van der Waals surface area contributed by atoms with E-state index in [4.69, 9.17) is 5.73 Å². The van der Waals surface area contributed by atoms with Crippen molar-refractivity contribution in [3.05, 3.63) is 29.8 Å². The van der Waals surface area contributed by atoms with Crippen LogP contribution in [0, 0.1) is 0 Å². The predicted octanol–water partition coefficient (Wildman–Crippen LogP) is 1.29. The molecule has 3 rings (SSSR count). The molecule has 23 heavy (non-hydrogen) atoms. The largest absolute Gasteiger partial charge is 0.368 e. The smallest absolute Gasteiger partial charge is 0.254 e. The van der Waals surface area contributed by atoms with Gasteiger partial charge in [0, 0.05) is 30.8 Å². The third kappa shape index (κ3) is 3.06. The molecule has 2 aliphatic heterocycles. The van der Waals surface area contributed by atoms with Crippen LogP contribution < -0.4 is 10.6 Å². The highest BCUT2D eigenvalue weighted by Crippen LogP contribution is 2.24. The van der Waals surface area contributed by atoms with Crippen LogP contribution in [0.25, 0.3) is 0 Å². The van der Waals surface area contributed by atoms with Gasteiger partial charge in [-0.1, -0.05) is 0 Å². The van der Waals surface area contributed by atoms with Gasteiger partial charge in [-0.05, 0) is 49.9 Å². The van der Waals surface area contributed by atoms with Crippen LogP contribution in [0.4, 0.5) is 5.69 Å². The Balaban J connectivity index is 1.77. The number of carbonyl (C=O) groups excluding carboxylic acids is 3. The molecule has 2 fully saturated rings. The number of likely N-dealkylation sites (tertiary alicyclic amines) is 1. The van der Waals surface area contributed by atoms with Crippen molar-refractivity contribution in [2.24, 2.45) is 5.73 Å². The molecule has 0 aromatic heterocycles. The minimum Gasteiger partial charge on any atom is -0.368 e. The molecule has 1 unspecified atom stereocenters. The maximum absolute atomic E-state index is 12.6. The average molecular weight is 315 g/mol. The van der Waals surface area contributed by atoms with Gasteiger partial charge in [0.2, 0.25) is 11.8 Å². The van der Waals surface area contributed by atoms with Crippen molar-refractivity contribution in [1.82, 2.24) is 4.90 Å². The second-order valence-corrected chi connectivity index (χ2v) is 6.11. The molecule has 1 aromatic rings. The van der Waals surface area contributed by atoms with Gasteiger partial charge < -0.3 is 15.5 Å². The first kappa shape index (κ1) is 15.5. The summed E-state index contributed by atoms with van der Waals surface area (Å²) in [5.41, 5.74) is 6.75. The third-order valence-corrected chi connectivity index (χ3v) is 4.59. The first-order valence-electron chi connectivity index (χ1n) is 8.08. The quantitative estimate of drug-likeness (QED) is 0.912.